The van der Waals surface area contributed by atoms with Gasteiger partial charge in [-0.3, -0.25) is 4.98 Å². The highest BCUT2D eigenvalue weighted by Gasteiger charge is 2.04. The van der Waals surface area contributed by atoms with Crippen LogP contribution in [0.25, 0.3) is 21.8 Å². The number of pyridine rings is 2. The first-order valence-corrected chi connectivity index (χ1v) is 5.92. The van der Waals surface area contributed by atoms with Crippen LogP contribution < -0.4 is 0 Å². The van der Waals surface area contributed by atoms with Gasteiger partial charge >= 0.3 is 0 Å². The fourth-order valence-electron chi connectivity index (χ4n) is 1.73. The number of aromatic nitrogens is 2. The van der Waals surface area contributed by atoms with E-state index in [-0.39, 0.29) is 0 Å². The van der Waals surface area contributed by atoms with Crippen LogP contribution in [0.3, 0.4) is 0 Å². The Labute approximate surface area is 105 Å². The van der Waals surface area contributed by atoms with Crippen LogP contribution in [0.1, 0.15) is 0 Å². The number of benzene rings is 1. The van der Waals surface area contributed by atoms with Crippen molar-refractivity contribution in [2.24, 2.45) is 0 Å². The van der Waals surface area contributed by atoms with Crippen molar-refractivity contribution in [3.05, 3.63) is 46.2 Å². The highest BCUT2D eigenvalue weighted by molar-refractivity contribution is 9.10. The molecule has 0 radical (unpaired) electrons. The number of fused-ring (bicyclic) bond motifs is 3. The van der Waals surface area contributed by atoms with E-state index in [1.54, 1.807) is 12.3 Å². The lowest BCUT2D eigenvalue weighted by Crippen LogP contribution is -1.85. The van der Waals surface area contributed by atoms with E-state index in [4.69, 9.17) is 11.6 Å². The summed E-state index contributed by atoms with van der Waals surface area (Å²) in [6.07, 6.45) is 1.77. The minimum Gasteiger partial charge on any atom is -0.253 e. The van der Waals surface area contributed by atoms with E-state index in [1.807, 2.05) is 24.3 Å². The molecule has 0 atom stereocenters. The van der Waals surface area contributed by atoms with Crippen molar-refractivity contribution in [3.8, 4) is 0 Å². The standard InChI is InChI=1S/C12H6BrClN2/c13-9-5-8-2-1-7-3-4-10(14)16-12(7)11(8)15-6-9/h1-6H. The van der Waals surface area contributed by atoms with Crippen LogP contribution in [-0.4, -0.2) is 9.97 Å². The second kappa shape index (κ2) is 3.68. The molecule has 0 saturated carbocycles. The Morgan fingerprint density at radius 3 is 2.62 bits per heavy atom. The molecule has 2 aromatic heterocycles. The van der Waals surface area contributed by atoms with Crippen molar-refractivity contribution in [1.29, 1.82) is 0 Å². The topological polar surface area (TPSA) is 25.8 Å². The van der Waals surface area contributed by atoms with Gasteiger partial charge in [0, 0.05) is 21.4 Å². The third kappa shape index (κ3) is 1.56. The van der Waals surface area contributed by atoms with Gasteiger partial charge in [-0.05, 0) is 34.1 Å². The molecule has 78 valence electrons. The van der Waals surface area contributed by atoms with Crippen LogP contribution >= 0.6 is 27.5 Å². The number of hydrogen-bond donors (Lipinski definition) is 0. The van der Waals surface area contributed by atoms with Crippen molar-refractivity contribution >= 4 is 49.3 Å². The lowest BCUT2D eigenvalue weighted by Gasteiger charge is -2.02. The minimum absolute atomic E-state index is 0.490. The van der Waals surface area contributed by atoms with Gasteiger partial charge in [-0.25, -0.2) is 4.98 Å². The highest BCUT2D eigenvalue weighted by Crippen LogP contribution is 2.25. The van der Waals surface area contributed by atoms with E-state index in [2.05, 4.69) is 25.9 Å². The second-order valence-corrected chi connectivity index (χ2v) is 4.80. The molecule has 0 bridgehead atoms. The summed E-state index contributed by atoms with van der Waals surface area (Å²) in [5.74, 6) is 0. The fourth-order valence-corrected chi connectivity index (χ4v) is 2.23. The van der Waals surface area contributed by atoms with Gasteiger partial charge in [0.15, 0.2) is 0 Å². The molecule has 4 heteroatoms. The third-order valence-corrected chi connectivity index (χ3v) is 3.09. The molecule has 2 heterocycles. The van der Waals surface area contributed by atoms with E-state index in [0.717, 1.165) is 26.3 Å². The van der Waals surface area contributed by atoms with E-state index < -0.39 is 0 Å². The monoisotopic (exact) mass is 292 g/mol. The van der Waals surface area contributed by atoms with Crippen LogP contribution in [0.4, 0.5) is 0 Å². The Hall–Kier alpha value is -1.19. The summed E-state index contributed by atoms with van der Waals surface area (Å²) in [4.78, 5) is 8.70. The van der Waals surface area contributed by atoms with Gasteiger partial charge in [0.1, 0.15) is 5.15 Å². The maximum absolute atomic E-state index is 5.90. The maximum atomic E-state index is 5.90. The normalized spacial score (nSPS) is 11.1. The van der Waals surface area contributed by atoms with Crippen molar-refractivity contribution in [2.75, 3.05) is 0 Å². The zero-order chi connectivity index (χ0) is 11.1. The Morgan fingerprint density at radius 2 is 1.75 bits per heavy atom. The zero-order valence-electron chi connectivity index (χ0n) is 8.11. The minimum atomic E-state index is 0.490. The molecule has 0 unspecified atom stereocenters. The smallest absolute Gasteiger partial charge is 0.129 e. The SMILES string of the molecule is Clc1ccc2ccc3cc(Br)cnc3c2n1. The van der Waals surface area contributed by atoms with E-state index in [9.17, 15) is 0 Å². The van der Waals surface area contributed by atoms with Gasteiger partial charge in [0.25, 0.3) is 0 Å². The molecule has 3 rings (SSSR count). The van der Waals surface area contributed by atoms with Crippen molar-refractivity contribution < 1.29 is 0 Å². The second-order valence-electron chi connectivity index (χ2n) is 3.50. The number of rotatable bonds is 0. The molecular weight excluding hydrogens is 288 g/mol. The summed E-state index contributed by atoms with van der Waals surface area (Å²) in [6, 6.07) is 9.81. The van der Waals surface area contributed by atoms with Crippen LogP contribution in [0, 0.1) is 0 Å². The summed E-state index contributed by atoms with van der Waals surface area (Å²) in [5.41, 5.74) is 1.72. The van der Waals surface area contributed by atoms with Gasteiger partial charge in [0.2, 0.25) is 0 Å². The van der Waals surface area contributed by atoms with E-state index >= 15 is 0 Å². The predicted octanol–water partition coefficient (Wildman–Crippen LogP) is 4.20. The van der Waals surface area contributed by atoms with Crippen LogP contribution in [0.5, 0.6) is 0 Å². The summed E-state index contributed by atoms with van der Waals surface area (Å²) in [5, 5.41) is 2.59. The number of nitrogens with zero attached hydrogens (tertiary/aromatic N) is 2. The first-order chi connectivity index (χ1) is 7.74. The van der Waals surface area contributed by atoms with Gasteiger partial charge in [-0.15, -0.1) is 0 Å². The van der Waals surface area contributed by atoms with Gasteiger partial charge < -0.3 is 0 Å². The quantitative estimate of drug-likeness (QED) is 0.458. The summed E-state index contributed by atoms with van der Waals surface area (Å²) in [7, 11) is 0. The maximum Gasteiger partial charge on any atom is 0.129 e. The Morgan fingerprint density at radius 1 is 1.00 bits per heavy atom. The molecular formula is C12H6BrClN2. The average Bonchev–Trinajstić information content (AvgIpc) is 2.28. The van der Waals surface area contributed by atoms with E-state index in [0.29, 0.717) is 5.15 Å². The molecule has 0 N–H and O–H groups in total. The largest absolute Gasteiger partial charge is 0.253 e. The number of halogens is 2. The Balaban J connectivity index is 2.52. The Kier molecular flexibility index (Phi) is 2.30. The van der Waals surface area contributed by atoms with Crippen LogP contribution in [0.15, 0.2) is 41.0 Å². The molecule has 16 heavy (non-hydrogen) atoms. The lowest BCUT2D eigenvalue weighted by atomic mass is 10.1. The molecule has 0 aliphatic rings. The molecule has 3 aromatic rings. The van der Waals surface area contributed by atoms with E-state index in [1.165, 1.54) is 0 Å². The number of hydrogen-bond acceptors (Lipinski definition) is 2. The molecule has 0 aliphatic carbocycles. The first kappa shape index (κ1) is 10.00. The lowest BCUT2D eigenvalue weighted by molar-refractivity contribution is 1.36. The van der Waals surface area contributed by atoms with Gasteiger partial charge in [-0.1, -0.05) is 23.7 Å². The van der Waals surface area contributed by atoms with Crippen LogP contribution in [-0.2, 0) is 0 Å². The summed E-state index contributed by atoms with van der Waals surface area (Å²) >= 11 is 9.30. The molecule has 0 saturated heterocycles. The van der Waals surface area contributed by atoms with Gasteiger partial charge in [0.05, 0.1) is 11.0 Å². The molecule has 0 amide bonds. The van der Waals surface area contributed by atoms with Crippen molar-refractivity contribution in [3.63, 3.8) is 0 Å². The molecule has 0 spiro atoms. The molecule has 0 aliphatic heterocycles. The Bertz CT molecular complexity index is 697. The first-order valence-electron chi connectivity index (χ1n) is 4.74. The third-order valence-electron chi connectivity index (χ3n) is 2.44. The highest BCUT2D eigenvalue weighted by atomic mass is 79.9. The summed E-state index contributed by atoms with van der Waals surface area (Å²) in [6.45, 7) is 0. The average molecular weight is 294 g/mol. The zero-order valence-corrected chi connectivity index (χ0v) is 10.5. The molecule has 1 aromatic carbocycles. The fraction of sp³-hybridized carbons (Fsp3) is 0. The van der Waals surface area contributed by atoms with Gasteiger partial charge in [-0.2, -0.15) is 0 Å². The van der Waals surface area contributed by atoms with Crippen molar-refractivity contribution in [2.45, 2.75) is 0 Å². The predicted molar refractivity (Wildman–Crippen MR) is 69.8 cm³/mol. The van der Waals surface area contributed by atoms with Crippen molar-refractivity contribution in [1.82, 2.24) is 9.97 Å². The molecule has 0 fully saturated rings. The molecule has 2 nitrogen and oxygen atoms in total. The van der Waals surface area contributed by atoms with Crippen LogP contribution in [0.2, 0.25) is 5.15 Å². The summed E-state index contributed by atoms with van der Waals surface area (Å²) < 4.78 is 0.960.